The van der Waals surface area contributed by atoms with Crippen molar-refractivity contribution >= 4 is 43.0 Å². The van der Waals surface area contributed by atoms with Crippen LogP contribution >= 0.6 is 27.3 Å². The molecular formula is C17H20BrNOS. The van der Waals surface area contributed by atoms with Gasteiger partial charge >= 0.3 is 0 Å². The second-order valence-electron chi connectivity index (χ2n) is 5.67. The first kappa shape index (κ1) is 15.0. The molecule has 0 aliphatic heterocycles. The van der Waals surface area contributed by atoms with Crippen molar-refractivity contribution in [3.8, 4) is 0 Å². The van der Waals surface area contributed by atoms with Gasteiger partial charge in [0.05, 0.1) is 5.69 Å². The Morgan fingerprint density at radius 1 is 1.29 bits per heavy atom. The molecule has 0 spiro atoms. The van der Waals surface area contributed by atoms with Crippen LogP contribution in [0.1, 0.15) is 39.0 Å². The van der Waals surface area contributed by atoms with Crippen molar-refractivity contribution in [3.05, 3.63) is 38.3 Å². The summed E-state index contributed by atoms with van der Waals surface area (Å²) in [7, 11) is 0. The van der Waals surface area contributed by atoms with E-state index in [1.54, 1.807) is 11.3 Å². The van der Waals surface area contributed by atoms with Gasteiger partial charge in [-0.3, -0.25) is 4.79 Å². The molecule has 0 N–H and O–H groups in total. The molecule has 0 saturated heterocycles. The SMILES string of the molecule is CCN(c1csc2ccc(Br)cc2c1=O)C1CCCCC1. The van der Waals surface area contributed by atoms with Crippen molar-refractivity contribution in [1.82, 2.24) is 0 Å². The van der Waals surface area contributed by atoms with Gasteiger partial charge in [-0.2, -0.15) is 0 Å². The van der Waals surface area contributed by atoms with Crippen LogP contribution in [0.5, 0.6) is 0 Å². The molecule has 0 atom stereocenters. The number of anilines is 1. The predicted molar refractivity (Wildman–Crippen MR) is 95.7 cm³/mol. The van der Waals surface area contributed by atoms with Crippen LogP contribution in [0.25, 0.3) is 10.1 Å². The molecule has 3 rings (SSSR count). The Hall–Kier alpha value is -0.870. The molecule has 1 saturated carbocycles. The Balaban J connectivity index is 2.05. The molecular weight excluding hydrogens is 346 g/mol. The van der Waals surface area contributed by atoms with E-state index in [9.17, 15) is 4.79 Å². The zero-order chi connectivity index (χ0) is 14.8. The van der Waals surface area contributed by atoms with Crippen LogP contribution in [0.2, 0.25) is 0 Å². The van der Waals surface area contributed by atoms with Crippen molar-refractivity contribution in [3.63, 3.8) is 0 Å². The van der Waals surface area contributed by atoms with Crippen LogP contribution in [-0.2, 0) is 0 Å². The largest absolute Gasteiger partial charge is 0.365 e. The molecule has 1 heterocycles. The minimum absolute atomic E-state index is 0.178. The summed E-state index contributed by atoms with van der Waals surface area (Å²) < 4.78 is 2.03. The minimum atomic E-state index is 0.178. The highest BCUT2D eigenvalue weighted by Crippen LogP contribution is 2.29. The molecule has 1 aromatic heterocycles. The molecule has 2 aromatic rings. The number of hydrogen-bond acceptors (Lipinski definition) is 3. The van der Waals surface area contributed by atoms with Crippen LogP contribution in [0.3, 0.4) is 0 Å². The number of rotatable bonds is 3. The molecule has 21 heavy (non-hydrogen) atoms. The predicted octanol–water partition coefficient (Wildman–Crippen LogP) is 5.18. The van der Waals surface area contributed by atoms with Gasteiger partial charge in [0, 0.05) is 32.5 Å². The van der Waals surface area contributed by atoms with Gasteiger partial charge < -0.3 is 4.90 Å². The maximum atomic E-state index is 12.9. The summed E-state index contributed by atoms with van der Waals surface area (Å²) in [5, 5.41) is 2.89. The monoisotopic (exact) mass is 365 g/mol. The summed E-state index contributed by atoms with van der Waals surface area (Å²) in [4.78, 5) is 15.2. The molecule has 0 unspecified atom stereocenters. The first-order chi connectivity index (χ1) is 10.2. The fourth-order valence-electron chi connectivity index (χ4n) is 3.31. The van der Waals surface area contributed by atoms with Gasteiger partial charge in [-0.15, -0.1) is 11.3 Å². The minimum Gasteiger partial charge on any atom is -0.365 e. The second kappa shape index (κ2) is 6.49. The van der Waals surface area contributed by atoms with Gasteiger partial charge in [-0.05, 0) is 38.0 Å². The van der Waals surface area contributed by atoms with Crippen LogP contribution in [-0.4, -0.2) is 12.6 Å². The smallest absolute Gasteiger partial charge is 0.211 e. The third-order valence-corrected chi connectivity index (χ3v) is 5.83. The van der Waals surface area contributed by atoms with Crippen molar-refractivity contribution in [1.29, 1.82) is 0 Å². The molecule has 1 aliphatic carbocycles. The maximum absolute atomic E-state index is 12.9. The second-order valence-corrected chi connectivity index (χ2v) is 7.50. The Morgan fingerprint density at radius 3 is 2.76 bits per heavy atom. The van der Waals surface area contributed by atoms with E-state index < -0.39 is 0 Å². The molecule has 0 amide bonds. The van der Waals surface area contributed by atoms with Crippen LogP contribution in [0.4, 0.5) is 5.69 Å². The van der Waals surface area contributed by atoms with Crippen LogP contribution in [0.15, 0.2) is 32.8 Å². The van der Waals surface area contributed by atoms with Crippen molar-refractivity contribution < 1.29 is 0 Å². The van der Waals surface area contributed by atoms with Crippen molar-refractivity contribution in [2.45, 2.75) is 45.1 Å². The summed E-state index contributed by atoms with van der Waals surface area (Å²) in [6, 6.07) is 6.50. The number of nitrogens with zero attached hydrogens (tertiary/aromatic N) is 1. The molecule has 112 valence electrons. The third kappa shape index (κ3) is 3.02. The average Bonchev–Trinajstić information content (AvgIpc) is 2.52. The summed E-state index contributed by atoms with van der Waals surface area (Å²) in [6.45, 7) is 3.07. The fraction of sp³-hybridized carbons (Fsp3) is 0.471. The highest BCUT2D eigenvalue weighted by molar-refractivity contribution is 9.10. The Kier molecular flexibility index (Phi) is 4.65. The van der Waals surface area contributed by atoms with E-state index in [2.05, 4.69) is 33.1 Å². The summed E-state index contributed by atoms with van der Waals surface area (Å²) in [5.41, 5.74) is 1.07. The molecule has 4 heteroatoms. The summed E-state index contributed by atoms with van der Waals surface area (Å²) >= 11 is 5.15. The van der Waals surface area contributed by atoms with Gasteiger partial charge in [-0.25, -0.2) is 0 Å². The standard InChI is InChI=1S/C17H20BrNOS/c1-2-19(13-6-4-3-5-7-13)15-11-21-16-9-8-12(18)10-14(16)17(15)20/h8-11,13H,2-7H2,1H3. The van der Waals surface area contributed by atoms with Gasteiger partial charge in [-0.1, -0.05) is 35.2 Å². The van der Waals surface area contributed by atoms with Crippen molar-refractivity contribution in [2.24, 2.45) is 0 Å². The van der Waals surface area contributed by atoms with E-state index in [0.29, 0.717) is 6.04 Å². The molecule has 0 bridgehead atoms. The Labute approximate surface area is 137 Å². The van der Waals surface area contributed by atoms with Gasteiger partial charge in [0.15, 0.2) is 0 Å². The number of halogens is 1. The first-order valence-corrected chi connectivity index (χ1v) is 9.35. The van der Waals surface area contributed by atoms with Crippen LogP contribution in [0, 0.1) is 0 Å². The molecule has 2 nitrogen and oxygen atoms in total. The topological polar surface area (TPSA) is 20.3 Å². The number of benzene rings is 1. The van der Waals surface area contributed by atoms with Gasteiger partial charge in [0.25, 0.3) is 0 Å². The third-order valence-electron chi connectivity index (χ3n) is 4.38. The highest BCUT2D eigenvalue weighted by atomic mass is 79.9. The normalized spacial score (nSPS) is 16.3. The van der Waals surface area contributed by atoms with Crippen LogP contribution < -0.4 is 10.3 Å². The Morgan fingerprint density at radius 2 is 2.05 bits per heavy atom. The average molecular weight is 366 g/mol. The molecule has 1 fully saturated rings. The molecule has 1 aromatic carbocycles. The van der Waals surface area contributed by atoms with E-state index in [0.717, 1.165) is 26.8 Å². The van der Waals surface area contributed by atoms with E-state index in [4.69, 9.17) is 0 Å². The van der Waals surface area contributed by atoms with Gasteiger partial charge in [0.1, 0.15) is 0 Å². The summed E-state index contributed by atoms with van der Waals surface area (Å²) in [6.07, 6.45) is 6.35. The molecule has 0 radical (unpaired) electrons. The van der Waals surface area contributed by atoms with E-state index in [-0.39, 0.29) is 5.43 Å². The Bertz CT molecular complexity index is 691. The van der Waals surface area contributed by atoms with E-state index in [1.165, 1.54) is 32.1 Å². The van der Waals surface area contributed by atoms with E-state index >= 15 is 0 Å². The molecule has 1 aliphatic rings. The lowest BCUT2D eigenvalue weighted by molar-refractivity contribution is 0.418. The first-order valence-electron chi connectivity index (χ1n) is 7.68. The highest BCUT2D eigenvalue weighted by Gasteiger charge is 2.22. The maximum Gasteiger partial charge on any atom is 0.211 e. The van der Waals surface area contributed by atoms with Crippen molar-refractivity contribution in [2.75, 3.05) is 11.4 Å². The zero-order valence-electron chi connectivity index (χ0n) is 12.3. The lowest BCUT2D eigenvalue weighted by atomic mass is 9.94. The zero-order valence-corrected chi connectivity index (χ0v) is 14.7. The lowest BCUT2D eigenvalue weighted by Gasteiger charge is -2.34. The number of hydrogen-bond donors (Lipinski definition) is 0. The summed E-state index contributed by atoms with van der Waals surface area (Å²) in [5.74, 6) is 0. The number of fused-ring (bicyclic) bond motifs is 1. The fourth-order valence-corrected chi connectivity index (χ4v) is 4.58. The lowest BCUT2D eigenvalue weighted by Crippen LogP contribution is -2.39. The van der Waals surface area contributed by atoms with Gasteiger partial charge in [0.2, 0.25) is 5.43 Å². The van der Waals surface area contributed by atoms with E-state index in [1.807, 2.05) is 18.2 Å². The quantitative estimate of drug-likeness (QED) is 0.746.